The lowest BCUT2D eigenvalue weighted by molar-refractivity contribution is 0.0940. The summed E-state index contributed by atoms with van der Waals surface area (Å²) >= 11 is 1.43. The van der Waals surface area contributed by atoms with Crippen molar-refractivity contribution >= 4 is 33.1 Å². The molecule has 0 fully saturated rings. The van der Waals surface area contributed by atoms with Gasteiger partial charge < -0.3 is 10.6 Å². The minimum atomic E-state index is -0.271. The highest BCUT2D eigenvalue weighted by Crippen LogP contribution is 2.40. The van der Waals surface area contributed by atoms with Crippen LogP contribution < -0.4 is 10.6 Å². The van der Waals surface area contributed by atoms with Crippen molar-refractivity contribution in [3.05, 3.63) is 52.3 Å². The van der Waals surface area contributed by atoms with E-state index in [4.69, 9.17) is 0 Å². The summed E-state index contributed by atoms with van der Waals surface area (Å²) in [5.41, 5.74) is 3.90. The van der Waals surface area contributed by atoms with E-state index in [0.29, 0.717) is 4.88 Å². The van der Waals surface area contributed by atoms with Crippen LogP contribution in [0.1, 0.15) is 32.7 Å². The van der Waals surface area contributed by atoms with E-state index in [1.807, 2.05) is 25.1 Å². The topological polar surface area (TPSA) is 66.9 Å². The quantitative estimate of drug-likeness (QED) is 0.724. The fourth-order valence-corrected chi connectivity index (χ4v) is 3.99. The van der Waals surface area contributed by atoms with Crippen molar-refractivity contribution < 1.29 is 4.79 Å². The normalized spacial score (nSPS) is 17.0. The van der Waals surface area contributed by atoms with Gasteiger partial charge in [-0.1, -0.05) is 6.07 Å². The van der Waals surface area contributed by atoms with Crippen molar-refractivity contribution in [1.82, 2.24) is 15.3 Å². The number of rotatable bonds is 1. The number of hydrogen-bond acceptors (Lipinski definition) is 5. The van der Waals surface area contributed by atoms with Crippen molar-refractivity contribution in [2.24, 2.45) is 0 Å². The number of pyridine rings is 2. The molecule has 110 valence electrons. The highest BCUT2D eigenvalue weighted by Gasteiger charge is 2.29. The van der Waals surface area contributed by atoms with Crippen LogP contribution in [0.4, 0.5) is 5.69 Å². The van der Waals surface area contributed by atoms with Crippen LogP contribution in [0.3, 0.4) is 0 Å². The summed E-state index contributed by atoms with van der Waals surface area (Å²) in [5, 5.41) is 7.44. The molecule has 0 saturated carbocycles. The SMILES string of the molecule is Cc1cc(C)c2c3c(sc2n1)C(=O)N[C@H](c1cccnc1)N3. The van der Waals surface area contributed by atoms with Crippen molar-refractivity contribution in [2.75, 3.05) is 5.32 Å². The summed E-state index contributed by atoms with van der Waals surface area (Å²) in [5.74, 6) is -0.0670. The second kappa shape index (κ2) is 4.78. The molecule has 0 bridgehead atoms. The minimum Gasteiger partial charge on any atom is -0.360 e. The van der Waals surface area contributed by atoms with Gasteiger partial charge in [-0.3, -0.25) is 9.78 Å². The first kappa shape index (κ1) is 13.2. The van der Waals surface area contributed by atoms with E-state index in [2.05, 4.69) is 27.5 Å². The fourth-order valence-electron chi connectivity index (χ4n) is 2.83. The number of carbonyl (C=O) groups excluding carboxylic acids is 1. The lowest BCUT2D eigenvalue weighted by Crippen LogP contribution is -2.37. The van der Waals surface area contributed by atoms with E-state index in [9.17, 15) is 4.79 Å². The van der Waals surface area contributed by atoms with Gasteiger partial charge in [0.15, 0.2) is 0 Å². The zero-order valence-corrected chi connectivity index (χ0v) is 13.0. The maximum atomic E-state index is 12.4. The van der Waals surface area contributed by atoms with Gasteiger partial charge in [0, 0.05) is 29.0 Å². The highest BCUT2D eigenvalue weighted by molar-refractivity contribution is 7.21. The Morgan fingerprint density at radius 1 is 1.27 bits per heavy atom. The first-order valence-corrected chi connectivity index (χ1v) is 7.83. The van der Waals surface area contributed by atoms with E-state index in [-0.39, 0.29) is 12.1 Å². The number of nitrogens with zero attached hydrogens (tertiary/aromatic N) is 2. The van der Waals surface area contributed by atoms with Gasteiger partial charge in [-0.15, -0.1) is 11.3 Å². The molecule has 0 unspecified atom stereocenters. The standard InChI is InChI=1S/C16H14N4OS/c1-8-6-9(2)18-16-11(8)12-13(22-16)15(21)20-14(19-12)10-4-3-5-17-7-10/h3-7,14,19H,1-2H3,(H,20,21)/t14-/m1/s1. The van der Waals surface area contributed by atoms with Gasteiger partial charge in [0.05, 0.1) is 5.69 Å². The number of amides is 1. The molecule has 4 heterocycles. The minimum absolute atomic E-state index is 0.0670. The molecule has 3 aromatic rings. The third-order valence-electron chi connectivity index (χ3n) is 3.78. The molecular formula is C16H14N4OS. The van der Waals surface area contributed by atoms with Gasteiger partial charge in [-0.2, -0.15) is 0 Å². The van der Waals surface area contributed by atoms with Crippen molar-refractivity contribution in [3.63, 3.8) is 0 Å². The summed E-state index contributed by atoms with van der Waals surface area (Å²) in [7, 11) is 0. The third kappa shape index (κ3) is 1.95. The number of fused-ring (bicyclic) bond motifs is 3. The number of nitrogens with one attached hydrogen (secondary N) is 2. The predicted octanol–water partition coefficient (Wildman–Crippen LogP) is 3.16. The van der Waals surface area contributed by atoms with E-state index < -0.39 is 0 Å². The average molecular weight is 310 g/mol. The largest absolute Gasteiger partial charge is 0.360 e. The molecule has 22 heavy (non-hydrogen) atoms. The number of hydrogen-bond donors (Lipinski definition) is 2. The fraction of sp³-hybridized carbons (Fsp3) is 0.188. The van der Waals surface area contributed by atoms with Crippen molar-refractivity contribution in [2.45, 2.75) is 20.0 Å². The molecule has 4 rings (SSSR count). The summed E-state index contributed by atoms with van der Waals surface area (Å²) < 4.78 is 0. The second-order valence-electron chi connectivity index (χ2n) is 5.40. The molecule has 0 aromatic carbocycles. The lowest BCUT2D eigenvalue weighted by Gasteiger charge is -2.26. The van der Waals surface area contributed by atoms with Crippen LogP contribution in [0, 0.1) is 13.8 Å². The van der Waals surface area contributed by atoms with Crippen molar-refractivity contribution in [3.8, 4) is 0 Å². The maximum absolute atomic E-state index is 12.4. The number of aryl methyl sites for hydroxylation is 2. The summed E-state index contributed by atoms with van der Waals surface area (Å²) in [6, 6.07) is 5.85. The highest BCUT2D eigenvalue weighted by atomic mass is 32.1. The van der Waals surface area contributed by atoms with Gasteiger partial charge in [0.1, 0.15) is 15.9 Å². The zero-order chi connectivity index (χ0) is 15.3. The van der Waals surface area contributed by atoms with E-state index >= 15 is 0 Å². The molecule has 5 nitrogen and oxygen atoms in total. The molecule has 1 aliphatic heterocycles. The van der Waals surface area contributed by atoms with Crippen LogP contribution in [-0.2, 0) is 0 Å². The van der Waals surface area contributed by atoms with Crippen LogP contribution in [0.25, 0.3) is 10.2 Å². The van der Waals surface area contributed by atoms with Crippen molar-refractivity contribution in [1.29, 1.82) is 0 Å². The number of aromatic nitrogens is 2. The van der Waals surface area contributed by atoms with Crippen LogP contribution in [0.15, 0.2) is 30.6 Å². The molecule has 6 heteroatoms. The summed E-state index contributed by atoms with van der Waals surface area (Å²) in [6.07, 6.45) is 3.20. The Hall–Kier alpha value is -2.47. The molecule has 0 saturated heterocycles. The Labute approximate surface area is 131 Å². The molecule has 3 aromatic heterocycles. The molecule has 2 N–H and O–H groups in total. The molecule has 1 aliphatic rings. The Morgan fingerprint density at radius 2 is 2.14 bits per heavy atom. The van der Waals surface area contributed by atoms with Crippen LogP contribution >= 0.6 is 11.3 Å². The van der Waals surface area contributed by atoms with Gasteiger partial charge in [0.25, 0.3) is 5.91 Å². The van der Waals surface area contributed by atoms with Crippen LogP contribution in [0.5, 0.6) is 0 Å². The predicted molar refractivity (Wildman–Crippen MR) is 87.2 cm³/mol. The Balaban J connectivity index is 1.88. The van der Waals surface area contributed by atoms with E-state index in [1.165, 1.54) is 11.3 Å². The smallest absolute Gasteiger partial charge is 0.265 e. The second-order valence-corrected chi connectivity index (χ2v) is 6.40. The molecular weight excluding hydrogens is 296 g/mol. The lowest BCUT2D eigenvalue weighted by atomic mass is 10.1. The van der Waals surface area contributed by atoms with Gasteiger partial charge in [-0.25, -0.2) is 4.98 Å². The number of thiophene rings is 1. The first-order chi connectivity index (χ1) is 10.6. The molecule has 1 atom stereocenters. The van der Waals surface area contributed by atoms with Gasteiger partial charge in [-0.05, 0) is 31.5 Å². The number of carbonyl (C=O) groups is 1. The Bertz CT molecular complexity index is 888. The average Bonchev–Trinajstić information content (AvgIpc) is 2.87. The third-order valence-corrected chi connectivity index (χ3v) is 4.86. The van der Waals surface area contributed by atoms with E-state index in [0.717, 1.165) is 32.7 Å². The zero-order valence-electron chi connectivity index (χ0n) is 12.2. The van der Waals surface area contributed by atoms with Crippen LogP contribution in [0.2, 0.25) is 0 Å². The monoisotopic (exact) mass is 310 g/mol. The van der Waals surface area contributed by atoms with E-state index in [1.54, 1.807) is 12.4 Å². The summed E-state index contributed by atoms with van der Waals surface area (Å²) in [4.78, 5) is 22.7. The molecule has 1 amide bonds. The Kier molecular flexibility index (Phi) is 2.87. The molecule has 0 radical (unpaired) electrons. The van der Waals surface area contributed by atoms with Gasteiger partial charge >= 0.3 is 0 Å². The van der Waals surface area contributed by atoms with Crippen LogP contribution in [-0.4, -0.2) is 15.9 Å². The summed E-state index contributed by atoms with van der Waals surface area (Å²) in [6.45, 7) is 4.02. The molecule has 0 aliphatic carbocycles. The Morgan fingerprint density at radius 3 is 2.91 bits per heavy atom. The maximum Gasteiger partial charge on any atom is 0.265 e. The first-order valence-electron chi connectivity index (χ1n) is 7.01. The molecule has 0 spiro atoms. The van der Waals surface area contributed by atoms with Gasteiger partial charge in [0.2, 0.25) is 0 Å². The number of anilines is 1.